The minimum atomic E-state index is -2.82. The van der Waals surface area contributed by atoms with Gasteiger partial charge in [-0.2, -0.15) is 0 Å². The summed E-state index contributed by atoms with van der Waals surface area (Å²) in [5.74, 6) is 0.480. The van der Waals surface area contributed by atoms with E-state index in [0.29, 0.717) is 18.8 Å². The van der Waals surface area contributed by atoms with Crippen molar-refractivity contribution < 1.29 is 8.42 Å². The van der Waals surface area contributed by atoms with Gasteiger partial charge in [0.25, 0.3) is 0 Å². The number of hydrogen-bond acceptors (Lipinski definition) is 4. The average Bonchev–Trinajstić information content (AvgIpc) is 2.35. The number of azide groups is 1. The first-order chi connectivity index (χ1) is 8.59. The van der Waals surface area contributed by atoms with E-state index in [2.05, 4.69) is 14.9 Å². The molecular formula is C11H14N4O2S. The number of rotatable bonds is 3. The van der Waals surface area contributed by atoms with Gasteiger partial charge in [0.15, 0.2) is 9.84 Å². The summed E-state index contributed by atoms with van der Waals surface area (Å²) in [7, 11) is -2.82. The van der Waals surface area contributed by atoms with E-state index >= 15 is 0 Å². The zero-order chi connectivity index (χ0) is 13.0. The SMILES string of the molecule is [N-]=[N+]=Nc1ccc(CN2CCS(=O)(=O)CC2)cc1. The lowest BCUT2D eigenvalue weighted by Crippen LogP contribution is -2.39. The molecule has 0 N–H and O–H groups in total. The number of sulfone groups is 1. The quantitative estimate of drug-likeness (QED) is 0.475. The van der Waals surface area contributed by atoms with Crippen molar-refractivity contribution in [1.82, 2.24) is 4.90 Å². The van der Waals surface area contributed by atoms with Gasteiger partial charge in [-0.25, -0.2) is 8.42 Å². The molecule has 1 aromatic carbocycles. The monoisotopic (exact) mass is 266 g/mol. The van der Waals surface area contributed by atoms with Crippen LogP contribution >= 0.6 is 0 Å². The minimum Gasteiger partial charge on any atom is -0.297 e. The van der Waals surface area contributed by atoms with Crippen LogP contribution in [0.25, 0.3) is 10.4 Å². The van der Waals surface area contributed by atoms with Gasteiger partial charge in [0, 0.05) is 30.2 Å². The molecule has 18 heavy (non-hydrogen) atoms. The summed E-state index contributed by atoms with van der Waals surface area (Å²) >= 11 is 0. The van der Waals surface area contributed by atoms with Gasteiger partial charge < -0.3 is 0 Å². The van der Waals surface area contributed by atoms with Crippen LogP contribution in [0.5, 0.6) is 0 Å². The van der Waals surface area contributed by atoms with Crippen molar-refractivity contribution in [3.05, 3.63) is 40.3 Å². The Hall–Kier alpha value is -1.56. The molecule has 0 aromatic heterocycles. The summed E-state index contributed by atoms with van der Waals surface area (Å²) in [4.78, 5) is 4.83. The first-order valence-electron chi connectivity index (χ1n) is 5.66. The van der Waals surface area contributed by atoms with Crippen molar-refractivity contribution >= 4 is 15.5 Å². The highest BCUT2D eigenvalue weighted by atomic mass is 32.2. The molecule has 0 spiro atoms. The highest BCUT2D eigenvalue weighted by Crippen LogP contribution is 2.15. The lowest BCUT2D eigenvalue weighted by Gasteiger charge is -2.26. The number of hydrogen-bond donors (Lipinski definition) is 0. The predicted molar refractivity (Wildman–Crippen MR) is 69.2 cm³/mol. The Labute approximate surface area is 106 Å². The second-order valence-electron chi connectivity index (χ2n) is 4.28. The van der Waals surface area contributed by atoms with Crippen molar-refractivity contribution in [2.45, 2.75) is 6.54 Å². The van der Waals surface area contributed by atoms with E-state index < -0.39 is 9.84 Å². The molecule has 1 aliphatic rings. The molecule has 0 unspecified atom stereocenters. The predicted octanol–water partition coefficient (Wildman–Crippen LogP) is 1.86. The molecule has 2 rings (SSSR count). The van der Waals surface area contributed by atoms with Gasteiger partial charge in [0.05, 0.1) is 11.5 Å². The normalized spacial score (nSPS) is 19.1. The molecule has 1 fully saturated rings. The van der Waals surface area contributed by atoms with Gasteiger partial charge in [-0.1, -0.05) is 29.4 Å². The van der Waals surface area contributed by atoms with Crippen LogP contribution in [0.2, 0.25) is 0 Å². The Morgan fingerprint density at radius 1 is 1.22 bits per heavy atom. The van der Waals surface area contributed by atoms with E-state index in [0.717, 1.165) is 12.1 Å². The molecule has 0 aliphatic carbocycles. The molecule has 6 nitrogen and oxygen atoms in total. The smallest absolute Gasteiger partial charge is 0.152 e. The summed E-state index contributed by atoms with van der Waals surface area (Å²) in [6.07, 6.45) is 0. The van der Waals surface area contributed by atoms with Crippen LogP contribution < -0.4 is 0 Å². The van der Waals surface area contributed by atoms with Gasteiger partial charge in [-0.05, 0) is 11.1 Å². The fourth-order valence-corrected chi connectivity index (χ4v) is 3.16. The van der Waals surface area contributed by atoms with E-state index in [1.54, 1.807) is 12.1 Å². The van der Waals surface area contributed by atoms with Crippen LogP contribution in [0.4, 0.5) is 5.69 Å². The largest absolute Gasteiger partial charge is 0.297 e. The maximum absolute atomic E-state index is 11.3. The van der Waals surface area contributed by atoms with Crippen LogP contribution in [0.1, 0.15) is 5.56 Å². The Bertz CT molecular complexity index is 547. The molecule has 0 atom stereocenters. The van der Waals surface area contributed by atoms with Gasteiger partial charge in [0.1, 0.15) is 0 Å². The second-order valence-corrected chi connectivity index (χ2v) is 6.59. The molecule has 96 valence electrons. The zero-order valence-corrected chi connectivity index (χ0v) is 10.7. The van der Waals surface area contributed by atoms with Crippen molar-refractivity contribution in [3.8, 4) is 0 Å². The lowest BCUT2D eigenvalue weighted by molar-refractivity contribution is 0.287. The lowest BCUT2D eigenvalue weighted by atomic mass is 10.2. The van der Waals surface area contributed by atoms with Crippen LogP contribution in [-0.4, -0.2) is 37.9 Å². The molecular weight excluding hydrogens is 252 g/mol. The fraction of sp³-hybridized carbons (Fsp3) is 0.455. The topological polar surface area (TPSA) is 86.1 Å². The third-order valence-corrected chi connectivity index (χ3v) is 4.55. The van der Waals surface area contributed by atoms with Crippen LogP contribution in [0.15, 0.2) is 29.4 Å². The van der Waals surface area contributed by atoms with Crippen LogP contribution in [-0.2, 0) is 16.4 Å². The Morgan fingerprint density at radius 3 is 2.39 bits per heavy atom. The molecule has 1 aromatic rings. The van der Waals surface area contributed by atoms with E-state index in [1.165, 1.54) is 0 Å². The van der Waals surface area contributed by atoms with Crippen LogP contribution in [0, 0.1) is 0 Å². The summed E-state index contributed by atoms with van der Waals surface area (Å²) in [6, 6.07) is 7.31. The van der Waals surface area contributed by atoms with Gasteiger partial charge in [-0.3, -0.25) is 4.90 Å². The average molecular weight is 266 g/mol. The second kappa shape index (κ2) is 5.39. The van der Waals surface area contributed by atoms with Crippen molar-refractivity contribution in [2.75, 3.05) is 24.6 Å². The maximum atomic E-state index is 11.3. The Morgan fingerprint density at radius 2 is 1.83 bits per heavy atom. The molecule has 1 aliphatic heterocycles. The first kappa shape index (κ1) is 12.9. The summed E-state index contributed by atoms with van der Waals surface area (Å²) in [5.41, 5.74) is 9.97. The van der Waals surface area contributed by atoms with Crippen molar-refractivity contribution in [1.29, 1.82) is 0 Å². The molecule has 0 radical (unpaired) electrons. The van der Waals surface area contributed by atoms with Gasteiger partial charge in [-0.15, -0.1) is 0 Å². The standard InChI is InChI=1S/C11H14N4O2S/c12-14-13-11-3-1-10(2-4-11)9-15-5-7-18(16,17)8-6-15/h1-4H,5-9H2. The third-order valence-electron chi connectivity index (χ3n) is 2.94. The van der Waals surface area contributed by atoms with E-state index in [1.807, 2.05) is 12.1 Å². The number of nitrogens with zero attached hydrogens (tertiary/aromatic N) is 4. The van der Waals surface area contributed by atoms with Gasteiger partial charge in [0.2, 0.25) is 0 Å². The van der Waals surface area contributed by atoms with E-state index in [9.17, 15) is 8.42 Å². The van der Waals surface area contributed by atoms with Gasteiger partial charge >= 0.3 is 0 Å². The molecule has 0 saturated carbocycles. The van der Waals surface area contributed by atoms with Crippen molar-refractivity contribution in [2.24, 2.45) is 5.11 Å². The minimum absolute atomic E-state index is 0.240. The highest BCUT2D eigenvalue weighted by molar-refractivity contribution is 7.91. The highest BCUT2D eigenvalue weighted by Gasteiger charge is 2.21. The maximum Gasteiger partial charge on any atom is 0.152 e. The fourth-order valence-electron chi connectivity index (χ4n) is 1.89. The van der Waals surface area contributed by atoms with E-state index in [-0.39, 0.29) is 11.5 Å². The Kier molecular flexibility index (Phi) is 3.86. The molecule has 0 bridgehead atoms. The van der Waals surface area contributed by atoms with E-state index in [4.69, 9.17) is 5.53 Å². The molecule has 0 amide bonds. The van der Waals surface area contributed by atoms with Crippen LogP contribution in [0.3, 0.4) is 0 Å². The molecule has 1 saturated heterocycles. The molecule has 7 heteroatoms. The Balaban J connectivity index is 1.96. The third kappa shape index (κ3) is 3.46. The summed E-state index contributed by atoms with van der Waals surface area (Å²) in [6.45, 7) is 1.90. The molecule has 1 heterocycles. The first-order valence-corrected chi connectivity index (χ1v) is 7.48. The summed E-state index contributed by atoms with van der Waals surface area (Å²) < 4.78 is 22.6. The number of benzene rings is 1. The van der Waals surface area contributed by atoms with Crippen molar-refractivity contribution in [3.63, 3.8) is 0 Å². The summed E-state index contributed by atoms with van der Waals surface area (Å²) in [5, 5.41) is 3.50. The zero-order valence-electron chi connectivity index (χ0n) is 9.86.